The summed E-state index contributed by atoms with van der Waals surface area (Å²) in [5.41, 5.74) is 3.27. The van der Waals surface area contributed by atoms with E-state index in [4.69, 9.17) is 0 Å². The van der Waals surface area contributed by atoms with Gasteiger partial charge in [0.25, 0.3) is 0 Å². The smallest absolute Gasteiger partial charge is 0.00966 e. The SMILES string of the molecule is Cc1ccccc1C1CCC1CNC(C)(C)C. The van der Waals surface area contributed by atoms with Crippen LogP contribution in [0.2, 0.25) is 0 Å². The molecule has 1 aliphatic rings. The lowest BCUT2D eigenvalue weighted by Crippen LogP contribution is -2.43. The average molecular weight is 231 g/mol. The molecule has 0 spiro atoms. The number of hydrogen-bond donors (Lipinski definition) is 1. The van der Waals surface area contributed by atoms with Gasteiger partial charge >= 0.3 is 0 Å². The van der Waals surface area contributed by atoms with Crippen molar-refractivity contribution in [1.29, 1.82) is 0 Å². The molecule has 94 valence electrons. The lowest BCUT2D eigenvalue weighted by Gasteiger charge is -2.39. The summed E-state index contributed by atoms with van der Waals surface area (Å²) in [6.07, 6.45) is 2.74. The van der Waals surface area contributed by atoms with Gasteiger partial charge in [0, 0.05) is 5.54 Å². The van der Waals surface area contributed by atoms with Crippen molar-refractivity contribution in [3.63, 3.8) is 0 Å². The summed E-state index contributed by atoms with van der Waals surface area (Å²) in [4.78, 5) is 0. The van der Waals surface area contributed by atoms with Gasteiger partial charge in [-0.1, -0.05) is 24.3 Å². The first-order chi connectivity index (χ1) is 7.97. The van der Waals surface area contributed by atoms with E-state index >= 15 is 0 Å². The van der Waals surface area contributed by atoms with E-state index in [-0.39, 0.29) is 5.54 Å². The predicted molar refractivity (Wildman–Crippen MR) is 74.4 cm³/mol. The van der Waals surface area contributed by atoms with E-state index in [0.29, 0.717) is 0 Å². The van der Waals surface area contributed by atoms with Gasteiger partial charge in [0.05, 0.1) is 0 Å². The Balaban J connectivity index is 1.97. The van der Waals surface area contributed by atoms with Crippen LogP contribution < -0.4 is 5.32 Å². The Morgan fingerprint density at radius 3 is 2.41 bits per heavy atom. The molecule has 0 aliphatic heterocycles. The molecule has 1 aliphatic carbocycles. The summed E-state index contributed by atoms with van der Waals surface area (Å²) >= 11 is 0. The highest BCUT2D eigenvalue weighted by atomic mass is 14.9. The predicted octanol–water partition coefficient (Wildman–Crippen LogP) is 3.88. The van der Waals surface area contributed by atoms with Crippen molar-refractivity contribution in [2.75, 3.05) is 6.54 Å². The molecule has 0 amide bonds. The Bertz CT molecular complexity index is 375. The van der Waals surface area contributed by atoms with E-state index in [1.54, 1.807) is 5.56 Å². The van der Waals surface area contributed by atoms with E-state index in [0.717, 1.165) is 18.4 Å². The summed E-state index contributed by atoms with van der Waals surface area (Å²) in [5, 5.41) is 3.64. The van der Waals surface area contributed by atoms with Gasteiger partial charge in [-0.2, -0.15) is 0 Å². The second kappa shape index (κ2) is 4.81. The zero-order valence-corrected chi connectivity index (χ0v) is 11.6. The highest BCUT2D eigenvalue weighted by molar-refractivity contribution is 5.31. The van der Waals surface area contributed by atoms with Gasteiger partial charge in [0.1, 0.15) is 0 Å². The van der Waals surface area contributed by atoms with Gasteiger partial charge in [-0.15, -0.1) is 0 Å². The van der Waals surface area contributed by atoms with Crippen molar-refractivity contribution in [2.24, 2.45) is 5.92 Å². The maximum Gasteiger partial charge on any atom is 0.00966 e. The van der Waals surface area contributed by atoms with Gasteiger partial charge in [-0.05, 0) is 70.0 Å². The monoisotopic (exact) mass is 231 g/mol. The largest absolute Gasteiger partial charge is 0.312 e. The highest BCUT2D eigenvalue weighted by Gasteiger charge is 2.33. The number of nitrogens with one attached hydrogen (secondary N) is 1. The number of hydrogen-bond acceptors (Lipinski definition) is 1. The van der Waals surface area contributed by atoms with Crippen molar-refractivity contribution < 1.29 is 0 Å². The van der Waals surface area contributed by atoms with Crippen LogP contribution in [0.3, 0.4) is 0 Å². The van der Waals surface area contributed by atoms with Crippen molar-refractivity contribution >= 4 is 0 Å². The number of rotatable bonds is 3. The Kier molecular flexibility index (Phi) is 3.58. The van der Waals surface area contributed by atoms with E-state index in [1.807, 2.05) is 0 Å². The third-order valence-electron chi connectivity index (χ3n) is 3.90. The molecule has 1 nitrogen and oxygen atoms in total. The maximum absolute atomic E-state index is 3.64. The van der Waals surface area contributed by atoms with Gasteiger partial charge in [0.2, 0.25) is 0 Å². The molecule has 1 aromatic rings. The normalized spacial score (nSPS) is 24.5. The topological polar surface area (TPSA) is 12.0 Å². The molecule has 1 heteroatoms. The highest BCUT2D eigenvalue weighted by Crippen LogP contribution is 2.43. The molecular weight excluding hydrogens is 206 g/mol. The third kappa shape index (κ3) is 3.10. The summed E-state index contributed by atoms with van der Waals surface area (Å²) in [5.74, 6) is 1.61. The first kappa shape index (κ1) is 12.6. The van der Waals surface area contributed by atoms with Crippen molar-refractivity contribution in [3.05, 3.63) is 35.4 Å². The summed E-state index contributed by atoms with van der Waals surface area (Å²) in [7, 11) is 0. The Labute approximate surface area is 106 Å². The third-order valence-corrected chi connectivity index (χ3v) is 3.90. The van der Waals surface area contributed by atoms with Crippen LogP contribution in [0.4, 0.5) is 0 Å². The zero-order chi connectivity index (χ0) is 12.5. The van der Waals surface area contributed by atoms with Gasteiger partial charge in [-0.3, -0.25) is 0 Å². The van der Waals surface area contributed by atoms with E-state index in [2.05, 4.69) is 57.3 Å². The molecule has 1 fully saturated rings. The molecule has 1 saturated carbocycles. The summed E-state index contributed by atoms with van der Waals surface area (Å²) in [6.45, 7) is 10.1. The fourth-order valence-corrected chi connectivity index (χ4v) is 2.66. The lowest BCUT2D eigenvalue weighted by molar-refractivity contribution is 0.225. The molecule has 17 heavy (non-hydrogen) atoms. The van der Waals surface area contributed by atoms with Crippen LogP contribution in [0.1, 0.15) is 50.7 Å². The maximum atomic E-state index is 3.64. The van der Waals surface area contributed by atoms with Gasteiger partial charge in [-0.25, -0.2) is 0 Å². The van der Waals surface area contributed by atoms with Crippen LogP contribution in [-0.4, -0.2) is 12.1 Å². The van der Waals surface area contributed by atoms with Crippen molar-refractivity contribution in [1.82, 2.24) is 5.32 Å². The van der Waals surface area contributed by atoms with Gasteiger partial charge < -0.3 is 5.32 Å². The standard InChI is InChI=1S/C16H25N/c1-12-7-5-6-8-14(12)15-10-9-13(15)11-17-16(2,3)4/h5-8,13,15,17H,9-11H2,1-4H3. The lowest BCUT2D eigenvalue weighted by atomic mass is 9.69. The molecule has 1 N–H and O–H groups in total. The Morgan fingerprint density at radius 2 is 1.88 bits per heavy atom. The molecule has 0 saturated heterocycles. The Morgan fingerprint density at radius 1 is 1.18 bits per heavy atom. The van der Waals surface area contributed by atoms with E-state index < -0.39 is 0 Å². The number of aryl methyl sites for hydroxylation is 1. The van der Waals surface area contributed by atoms with Crippen LogP contribution in [0.15, 0.2) is 24.3 Å². The van der Waals surface area contributed by atoms with Gasteiger partial charge in [0.15, 0.2) is 0 Å². The minimum absolute atomic E-state index is 0.242. The molecule has 0 radical (unpaired) electrons. The minimum Gasteiger partial charge on any atom is -0.312 e. The zero-order valence-electron chi connectivity index (χ0n) is 11.6. The van der Waals surface area contributed by atoms with Crippen molar-refractivity contribution in [3.8, 4) is 0 Å². The van der Waals surface area contributed by atoms with E-state index in [1.165, 1.54) is 18.4 Å². The fraction of sp³-hybridized carbons (Fsp3) is 0.625. The van der Waals surface area contributed by atoms with Crippen LogP contribution in [0.25, 0.3) is 0 Å². The number of benzene rings is 1. The summed E-state index contributed by atoms with van der Waals surface area (Å²) < 4.78 is 0. The van der Waals surface area contributed by atoms with Crippen LogP contribution >= 0.6 is 0 Å². The van der Waals surface area contributed by atoms with Crippen molar-refractivity contribution in [2.45, 2.75) is 52.0 Å². The summed E-state index contributed by atoms with van der Waals surface area (Å²) in [6, 6.07) is 8.86. The van der Waals surface area contributed by atoms with Crippen LogP contribution in [0, 0.1) is 12.8 Å². The molecule has 0 heterocycles. The molecule has 2 atom stereocenters. The second-order valence-electron chi connectivity index (χ2n) is 6.43. The molecular formula is C16H25N. The van der Waals surface area contributed by atoms with Crippen LogP contribution in [0.5, 0.6) is 0 Å². The first-order valence-electron chi connectivity index (χ1n) is 6.78. The second-order valence-corrected chi connectivity index (χ2v) is 6.43. The minimum atomic E-state index is 0.242. The van der Waals surface area contributed by atoms with Crippen LogP contribution in [-0.2, 0) is 0 Å². The molecule has 2 rings (SSSR count). The Hall–Kier alpha value is -0.820. The average Bonchev–Trinajstić information content (AvgIpc) is 2.18. The molecule has 1 aromatic carbocycles. The quantitative estimate of drug-likeness (QED) is 0.832. The molecule has 2 unspecified atom stereocenters. The van der Waals surface area contributed by atoms with E-state index in [9.17, 15) is 0 Å². The first-order valence-corrected chi connectivity index (χ1v) is 6.78. The molecule has 0 aromatic heterocycles. The molecule has 0 bridgehead atoms. The fourth-order valence-electron chi connectivity index (χ4n) is 2.66.